The Bertz CT molecular complexity index is 548. The molecule has 10 N–H and O–H groups in total. The number of ether oxygens (including phenoxy) is 1. The fraction of sp³-hybridized carbons (Fsp3) is 0.938. The first-order valence-corrected chi connectivity index (χ1v) is 19.2. The summed E-state index contributed by atoms with van der Waals surface area (Å²) in [6.07, 6.45) is 8.02. The van der Waals surface area contributed by atoms with Crippen LogP contribution in [-0.4, -0.2) is 136 Å². The number of hydroxylamine groups is 1. The molecule has 0 aliphatic carbocycles. The maximum atomic E-state index is 10.8. The average Bonchev–Trinajstić information content (AvgIpc) is 3.04. The lowest BCUT2D eigenvalue weighted by Gasteiger charge is -2.13. The summed E-state index contributed by atoms with van der Waals surface area (Å²) >= 11 is 0. The van der Waals surface area contributed by atoms with E-state index in [0.29, 0.717) is 31.7 Å². The third-order valence-corrected chi connectivity index (χ3v) is 8.08. The fourth-order valence-corrected chi connectivity index (χ4v) is 5.02. The van der Waals surface area contributed by atoms with Gasteiger partial charge >= 0.3 is 5.97 Å². The number of carbonyl (C=O) groups excluding carboxylic acids is 2. The molecule has 0 aromatic carbocycles. The number of hydrogen-bond acceptors (Lipinski definition) is 14. The van der Waals surface area contributed by atoms with Crippen LogP contribution in [0.3, 0.4) is 0 Å². The quantitative estimate of drug-likeness (QED) is 0.0141. The van der Waals surface area contributed by atoms with Crippen molar-refractivity contribution in [2.75, 3.05) is 106 Å². The molecule has 0 saturated carbocycles. The smallest absolute Gasteiger partial charge is 0.305 e. The van der Waals surface area contributed by atoms with E-state index in [-0.39, 0.29) is 18.9 Å². The van der Waals surface area contributed by atoms with E-state index in [2.05, 4.69) is 68.2 Å². The molecule has 0 heterocycles. The molecule has 0 aromatic rings. The van der Waals surface area contributed by atoms with Gasteiger partial charge in [-0.25, -0.2) is 5.48 Å². The van der Waals surface area contributed by atoms with Gasteiger partial charge in [0.1, 0.15) is 6.29 Å². The molecule has 0 spiro atoms. The number of nitrogens with one attached hydrogen (secondary N) is 8. The first-order valence-electron chi connectivity index (χ1n) is 16.7. The van der Waals surface area contributed by atoms with Gasteiger partial charge in [0.15, 0.2) is 0 Å². The SMILES string of the molecule is C.CCNC(C)NCCCNC.CCNOCCSSCCC=O.CNCCCNC.CNCCCNC(C)CCCC(=O)OC.O. The van der Waals surface area contributed by atoms with Crippen LogP contribution in [0.5, 0.6) is 0 Å². The molecule has 0 amide bonds. The number of esters is 1. The summed E-state index contributed by atoms with van der Waals surface area (Å²) in [5.41, 5.74) is 2.77. The van der Waals surface area contributed by atoms with Crippen molar-refractivity contribution in [3.8, 4) is 0 Å². The van der Waals surface area contributed by atoms with Gasteiger partial charge in [-0.1, -0.05) is 42.9 Å². The highest BCUT2D eigenvalue weighted by Gasteiger charge is 2.04. The third kappa shape index (κ3) is 68.3. The van der Waals surface area contributed by atoms with Gasteiger partial charge in [-0.2, -0.15) is 0 Å². The maximum absolute atomic E-state index is 10.8. The van der Waals surface area contributed by atoms with Crippen LogP contribution in [0.25, 0.3) is 0 Å². The van der Waals surface area contributed by atoms with E-state index < -0.39 is 0 Å². The Kier molecular flexibility index (Phi) is 72.0. The van der Waals surface area contributed by atoms with Crippen LogP contribution in [-0.2, 0) is 19.2 Å². The van der Waals surface area contributed by atoms with Crippen LogP contribution in [0.15, 0.2) is 0 Å². The molecule has 2 atom stereocenters. The Hall–Kier alpha value is -0.560. The minimum atomic E-state index is -0.114. The van der Waals surface area contributed by atoms with Crippen molar-refractivity contribution >= 4 is 33.8 Å². The lowest BCUT2D eigenvalue weighted by molar-refractivity contribution is -0.140. The highest BCUT2D eigenvalue weighted by atomic mass is 33.1. The summed E-state index contributed by atoms with van der Waals surface area (Å²) in [6, 6.07) is 0.478. The third-order valence-electron chi connectivity index (χ3n) is 5.68. The van der Waals surface area contributed by atoms with Gasteiger partial charge in [-0.05, 0) is 120 Å². The largest absolute Gasteiger partial charge is 0.469 e. The highest BCUT2D eigenvalue weighted by Crippen LogP contribution is 2.20. The summed E-state index contributed by atoms with van der Waals surface area (Å²) < 4.78 is 4.58. The van der Waals surface area contributed by atoms with Crippen LogP contribution in [0.2, 0.25) is 0 Å². The van der Waals surface area contributed by atoms with Crippen LogP contribution in [0, 0.1) is 0 Å². The number of aldehydes is 1. The first kappa shape index (κ1) is 58.6. The van der Waals surface area contributed by atoms with Gasteiger partial charge in [-0.15, -0.1) is 0 Å². The van der Waals surface area contributed by atoms with E-state index in [4.69, 9.17) is 4.84 Å². The summed E-state index contributed by atoms with van der Waals surface area (Å²) in [5, 5.41) is 22.4. The molecule has 0 bridgehead atoms. The summed E-state index contributed by atoms with van der Waals surface area (Å²) in [7, 11) is 12.8. The molecule has 13 nitrogen and oxygen atoms in total. The molecule has 47 heavy (non-hydrogen) atoms. The monoisotopic (exact) mass is 721 g/mol. The fourth-order valence-electron chi connectivity index (χ4n) is 3.24. The Morgan fingerprint density at radius 1 is 0.745 bits per heavy atom. The summed E-state index contributed by atoms with van der Waals surface area (Å²) in [6.45, 7) is 17.4. The highest BCUT2D eigenvalue weighted by molar-refractivity contribution is 8.76. The van der Waals surface area contributed by atoms with Gasteiger partial charge in [0, 0.05) is 36.9 Å². The lowest BCUT2D eigenvalue weighted by Crippen LogP contribution is -2.40. The molecule has 0 aromatic heterocycles. The van der Waals surface area contributed by atoms with Crippen LogP contribution in [0.4, 0.5) is 0 Å². The zero-order chi connectivity index (χ0) is 34.7. The second-order valence-corrected chi connectivity index (χ2v) is 12.7. The molecular formula is C32H80N8O5S2. The van der Waals surface area contributed by atoms with Crippen molar-refractivity contribution in [3.63, 3.8) is 0 Å². The Labute approximate surface area is 298 Å². The zero-order valence-electron chi connectivity index (χ0n) is 30.9. The van der Waals surface area contributed by atoms with E-state index in [1.807, 2.05) is 35.1 Å². The first-order chi connectivity index (χ1) is 21.8. The van der Waals surface area contributed by atoms with E-state index >= 15 is 0 Å². The van der Waals surface area contributed by atoms with Gasteiger partial charge in [0.2, 0.25) is 0 Å². The molecule has 0 fully saturated rings. The minimum Gasteiger partial charge on any atom is -0.469 e. The average molecular weight is 721 g/mol. The van der Waals surface area contributed by atoms with E-state index in [9.17, 15) is 9.59 Å². The normalized spacial score (nSPS) is 11.1. The maximum Gasteiger partial charge on any atom is 0.305 e. The van der Waals surface area contributed by atoms with Crippen molar-refractivity contribution in [2.45, 2.75) is 92.3 Å². The van der Waals surface area contributed by atoms with E-state index in [1.165, 1.54) is 20.0 Å². The molecule has 0 saturated heterocycles. The topological polar surface area (TPSA) is 180 Å². The molecule has 15 heteroatoms. The van der Waals surface area contributed by atoms with Crippen LogP contribution in [0.1, 0.15) is 80.1 Å². The van der Waals surface area contributed by atoms with Crippen molar-refractivity contribution < 1.29 is 24.6 Å². The molecule has 0 aliphatic heterocycles. The van der Waals surface area contributed by atoms with Crippen molar-refractivity contribution in [1.82, 2.24) is 42.7 Å². The van der Waals surface area contributed by atoms with E-state index in [1.54, 1.807) is 21.6 Å². The second-order valence-electron chi connectivity index (χ2n) is 9.98. The van der Waals surface area contributed by atoms with Crippen molar-refractivity contribution in [1.29, 1.82) is 0 Å². The number of methoxy groups -OCH3 is 1. The number of rotatable bonds is 29. The minimum absolute atomic E-state index is 0. The van der Waals surface area contributed by atoms with Gasteiger partial charge in [0.05, 0.1) is 19.9 Å². The van der Waals surface area contributed by atoms with Crippen LogP contribution < -0.4 is 42.7 Å². The lowest BCUT2D eigenvalue weighted by atomic mass is 10.1. The van der Waals surface area contributed by atoms with Crippen molar-refractivity contribution in [2.24, 2.45) is 0 Å². The van der Waals surface area contributed by atoms with Crippen LogP contribution >= 0.6 is 21.6 Å². The standard InChI is InChI=1S/C11H24N2O2.C8H21N3.C7H15NO2S2.C5H14N2.CH4.H2O/c1-10(13-9-5-8-12-2)6-4-7-11(14)15-3;1-4-10-8(2)11-7-5-6-9-3;1-2-8-10-5-7-12-11-6-3-4-9;1-6-4-3-5-7-2;;/h10,12-13H,4-9H2,1-3H3;8-11H,4-7H2,1-3H3;4,8H,2-3,5-7H2,1H3;6-7H,3-5H2,1-2H3;1H4;1H2. The summed E-state index contributed by atoms with van der Waals surface area (Å²) in [4.78, 5) is 25.8. The van der Waals surface area contributed by atoms with Crippen molar-refractivity contribution in [3.05, 3.63) is 0 Å². The van der Waals surface area contributed by atoms with E-state index in [0.717, 1.165) is 89.4 Å². The Morgan fingerprint density at radius 2 is 1.26 bits per heavy atom. The van der Waals surface area contributed by atoms with Gasteiger partial charge in [0.25, 0.3) is 0 Å². The predicted octanol–water partition coefficient (Wildman–Crippen LogP) is 2.18. The Morgan fingerprint density at radius 3 is 1.72 bits per heavy atom. The molecule has 0 rings (SSSR count). The number of hydrogen-bond donors (Lipinski definition) is 8. The number of carbonyl (C=O) groups is 2. The summed E-state index contributed by atoms with van der Waals surface area (Å²) in [5.74, 6) is 1.74. The Balaban J connectivity index is -0.000000121. The molecule has 2 unspecified atom stereocenters. The molecule has 290 valence electrons. The zero-order valence-corrected chi connectivity index (χ0v) is 32.5. The molecular weight excluding hydrogens is 641 g/mol. The molecule has 0 radical (unpaired) electrons. The van der Waals surface area contributed by atoms with Gasteiger partial charge in [-0.3, -0.25) is 4.79 Å². The predicted molar refractivity (Wildman–Crippen MR) is 210 cm³/mol. The second kappa shape index (κ2) is 57.7. The van der Waals surface area contributed by atoms with Gasteiger partial charge < -0.3 is 57.1 Å². The molecule has 0 aliphatic rings.